The van der Waals surface area contributed by atoms with E-state index in [1.165, 1.54) is 4.68 Å². The number of carbonyl (C=O) groups excluding carboxylic acids is 1. The van der Waals surface area contributed by atoms with E-state index in [2.05, 4.69) is 5.10 Å². The van der Waals surface area contributed by atoms with Crippen molar-refractivity contribution < 1.29 is 22.7 Å². The van der Waals surface area contributed by atoms with E-state index in [-0.39, 0.29) is 12.0 Å². The topological polar surface area (TPSA) is 47.4 Å². The van der Waals surface area contributed by atoms with Gasteiger partial charge in [0.2, 0.25) is 0 Å². The Hall–Kier alpha value is -2.51. The van der Waals surface area contributed by atoms with Crippen molar-refractivity contribution in [3.8, 4) is 5.69 Å². The summed E-state index contributed by atoms with van der Waals surface area (Å²) in [6, 6.07) is 8.23. The molecule has 8 heteroatoms. The third-order valence-corrected chi connectivity index (χ3v) is 4.32. The minimum Gasteiger partial charge on any atom is -0.444 e. The summed E-state index contributed by atoms with van der Waals surface area (Å²) < 4.78 is 45.0. The molecular weight excluding hydrogens is 359 g/mol. The number of aromatic nitrogens is 2. The predicted octanol–water partition coefficient (Wildman–Crippen LogP) is 4.53. The number of halogens is 3. The van der Waals surface area contributed by atoms with Crippen LogP contribution in [0, 0.1) is 6.92 Å². The van der Waals surface area contributed by atoms with Gasteiger partial charge in [0.15, 0.2) is 5.69 Å². The van der Waals surface area contributed by atoms with Crippen molar-refractivity contribution in [1.29, 1.82) is 0 Å². The molecule has 27 heavy (non-hydrogen) atoms. The molecule has 0 spiro atoms. The molecule has 1 aromatic heterocycles. The maximum Gasteiger partial charge on any atom is 0.435 e. The summed E-state index contributed by atoms with van der Waals surface area (Å²) in [5, 5.41) is 3.65. The van der Waals surface area contributed by atoms with Crippen LogP contribution in [0.2, 0.25) is 0 Å². The largest absolute Gasteiger partial charge is 0.444 e. The molecule has 3 rings (SSSR count). The smallest absolute Gasteiger partial charge is 0.435 e. The summed E-state index contributed by atoms with van der Waals surface area (Å²) in [5.41, 5.74) is 0.570. The zero-order valence-electron chi connectivity index (χ0n) is 15.7. The Morgan fingerprint density at radius 1 is 1.15 bits per heavy atom. The van der Waals surface area contributed by atoms with Gasteiger partial charge in [0, 0.05) is 24.7 Å². The average Bonchev–Trinajstić information content (AvgIpc) is 2.87. The molecule has 0 saturated carbocycles. The third kappa shape index (κ3) is 4.26. The first kappa shape index (κ1) is 19.3. The molecule has 0 radical (unpaired) electrons. The SMILES string of the molecule is Cc1cc(C(F)(F)F)nn1-c1ccc(C2CN(C(=O)OC(C)(C)C)C2)cc1. The van der Waals surface area contributed by atoms with Crippen LogP contribution in [0.15, 0.2) is 30.3 Å². The Morgan fingerprint density at radius 3 is 2.22 bits per heavy atom. The van der Waals surface area contributed by atoms with Gasteiger partial charge in [-0.05, 0) is 51.5 Å². The van der Waals surface area contributed by atoms with Crippen LogP contribution in [0.25, 0.3) is 5.69 Å². The molecule has 1 aromatic carbocycles. The molecule has 5 nitrogen and oxygen atoms in total. The van der Waals surface area contributed by atoms with E-state index in [1.807, 2.05) is 32.9 Å². The highest BCUT2D eigenvalue weighted by Gasteiger charge is 2.35. The number of amides is 1. The van der Waals surface area contributed by atoms with Crippen molar-refractivity contribution in [2.45, 2.75) is 45.4 Å². The van der Waals surface area contributed by atoms with Crippen molar-refractivity contribution in [2.75, 3.05) is 13.1 Å². The number of carbonyl (C=O) groups is 1. The fourth-order valence-electron chi connectivity index (χ4n) is 2.93. The second-order valence-corrected chi connectivity index (χ2v) is 7.75. The standard InChI is InChI=1S/C19H22F3N3O2/c1-12-9-16(19(20,21)22)23-25(12)15-7-5-13(6-8-15)14-10-24(11-14)17(26)27-18(2,3)4/h5-9,14H,10-11H2,1-4H3. The number of rotatable bonds is 2. The Labute approximate surface area is 155 Å². The molecular formula is C19H22F3N3O2. The van der Waals surface area contributed by atoms with Gasteiger partial charge in [-0.1, -0.05) is 12.1 Å². The molecule has 146 valence electrons. The number of aryl methyl sites for hydroxylation is 1. The minimum atomic E-state index is -4.47. The normalized spacial score (nSPS) is 15.6. The van der Waals surface area contributed by atoms with E-state index in [0.29, 0.717) is 24.5 Å². The Bertz CT molecular complexity index is 829. The van der Waals surface area contributed by atoms with E-state index in [4.69, 9.17) is 4.74 Å². The first-order valence-electron chi connectivity index (χ1n) is 8.66. The van der Waals surface area contributed by atoms with Crippen LogP contribution in [-0.4, -0.2) is 39.5 Å². The molecule has 2 heterocycles. The fraction of sp³-hybridized carbons (Fsp3) is 0.474. The highest BCUT2D eigenvalue weighted by atomic mass is 19.4. The molecule has 0 N–H and O–H groups in total. The van der Waals surface area contributed by atoms with Crippen LogP contribution < -0.4 is 0 Å². The highest BCUT2D eigenvalue weighted by molar-refractivity contribution is 5.69. The Kier molecular flexibility index (Phi) is 4.69. The predicted molar refractivity (Wildman–Crippen MR) is 93.9 cm³/mol. The number of hydrogen-bond donors (Lipinski definition) is 0. The van der Waals surface area contributed by atoms with E-state index in [1.54, 1.807) is 24.0 Å². The fourth-order valence-corrected chi connectivity index (χ4v) is 2.93. The van der Waals surface area contributed by atoms with Gasteiger partial charge in [0.05, 0.1) is 5.69 Å². The third-order valence-electron chi connectivity index (χ3n) is 4.32. The lowest BCUT2D eigenvalue weighted by Gasteiger charge is -2.40. The Balaban J connectivity index is 1.66. The number of nitrogens with zero attached hydrogens (tertiary/aromatic N) is 3. The molecule has 1 amide bonds. The summed E-state index contributed by atoms with van der Waals surface area (Å²) in [6.45, 7) is 8.18. The van der Waals surface area contributed by atoms with Gasteiger partial charge in [-0.25, -0.2) is 9.48 Å². The van der Waals surface area contributed by atoms with Gasteiger partial charge < -0.3 is 9.64 Å². The van der Waals surface area contributed by atoms with Crippen molar-refractivity contribution in [3.05, 3.63) is 47.3 Å². The summed E-state index contributed by atoms with van der Waals surface area (Å²) in [7, 11) is 0. The van der Waals surface area contributed by atoms with Crippen LogP contribution in [0.4, 0.5) is 18.0 Å². The first-order chi connectivity index (χ1) is 12.4. The molecule has 0 bridgehead atoms. The van der Waals surface area contributed by atoms with Gasteiger partial charge in [-0.15, -0.1) is 0 Å². The zero-order chi connectivity index (χ0) is 20.0. The molecule has 1 aliphatic rings. The molecule has 1 aliphatic heterocycles. The minimum absolute atomic E-state index is 0.191. The van der Waals surface area contributed by atoms with Crippen molar-refractivity contribution in [1.82, 2.24) is 14.7 Å². The van der Waals surface area contributed by atoms with E-state index >= 15 is 0 Å². The molecule has 0 unspecified atom stereocenters. The number of alkyl halides is 3. The monoisotopic (exact) mass is 381 g/mol. The molecule has 1 saturated heterocycles. The number of likely N-dealkylation sites (tertiary alicyclic amines) is 1. The Morgan fingerprint density at radius 2 is 1.74 bits per heavy atom. The molecule has 2 aromatic rings. The summed E-state index contributed by atoms with van der Waals surface area (Å²) in [4.78, 5) is 13.6. The zero-order valence-corrected chi connectivity index (χ0v) is 15.7. The van der Waals surface area contributed by atoms with Gasteiger partial charge >= 0.3 is 12.3 Å². The second-order valence-electron chi connectivity index (χ2n) is 7.75. The van der Waals surface area contributed by atoms with Gasteiger partial charge in [0.1, 0.15) is 5.60 Å². The van der Waals surface area contributed by atoms with E-state index in [9.17, 15) is 18.0 Å². The quantitative estimate of drug-likeness (QED) is 0.768. The number of hydrogen-bond acceptors (Lipinski definition) is 3. The van der Waals surface area contributed by atoms with E-state index < -0.39 is 17.5 Å². The summed E-state index contributed by atoms with van der Waals surface area (Å²) >= 11 is 0. The maximum absolute atomic E-state index is 12.8. The van der Waals surface area contributed by atoms with Gasteiger partial charge in [0.25, 0.3) is 0 Å². The van der Waals surface area contributed by atoms with Gasteiger partial charge in [-0.2, -0.15) is 18.3 Å². The van der Waals surface area contributed by atoms with Crippen LogP contribution in [0.1, 0.15) is 43.6 Å². The van der Waals surface area contributed by atoms with Crippen LogP contribution in [0.3, 0.4) is 0 Å². The van der Waals surface area contributed by atoms with Crippen molar-refractivity contribution in [3.63, 3.8) is 0 Å². The lowest BCUT2D eigenvalue weighted by atomic mass is 9.92. The highest BCUT2D eigenvalue weighted by Crippen LogP contribution is 2.31. The van der Waals surface area contributed by atoms with Crippen LogP contribution in [-0.2, 0) is 10.9 Å². The average molecular weight is 381 g/mol. The maximum atomic E-state index is 12.8. The number of ether oxygens (including phenoxy) is 1. The lowest BCUT2D eigenvalue weighted by Crippen LogP contribution is -2.50. The summed E-state index contributed by atoms with van der Waals surface area (Å²) in [5.74, 6) is 0.191. The molecule has 0 aliphatic carbocycles. The van der Waals surface area contributed by atoms with Crippen molar-refractivity contribution >= 4 is 6.09 Å². The lowest BCUT2D eigenvalue weighted by molar-refractivity contribution is -0.141. The first-order valence-corrected chi connectivity index (χ1v) is 8.66. The molecule has 0 atom stereocenters. The van der Waals surface area contributed by atoms with E-state index in [0.717, 1.165) is 11.6 Å². The van der Waals surface area contributed by atoms with Crippen molar-refractivity contribution in [2.24, 2.45) is 0 Å². The summed E-state index contributed by atoms with van der Waals surface area (Å²) in [6.07, 6.45) is -4.80. The van der Waals surface area contributed by atoms with Crippen LogP contribution in [0.5, 0.6) is 0 Å². The van der Waals surface area contributed by atoms with Gasteiger partial charge in [-0.3, -0.25) is 0 Å². The number of benzene rings is 1. The second kappa shape index (κ2) is 6.58. The van der Waals surface area contributed by atoms with Crippen LogP contribution >= 0.6 is 0 Å². The molecule has 1 fully saturated rings.